The van der Waals surface area contributed by atoms with E-state index in [4.69, 9.17) is 14.9 Å². The summed E-state index contributed by atoms with van der Waals surface area (Å²) in [7, 11) is 0. The molecule has 0 aliphatic heterocycles. The van der Waals surface area contributed by atoms with Gasteiger partial charge in [0.05, 0.1) is 18.4 Å². The summed E-state index contributed by atoms with van der Waals surface area (Å²) in [5, 5.41) is 10.5. The second-order valence-corrected chi connectivity index (χ2v) is 4.94. The van der Waals surface area contributed by atoms with E-state index in [1.54, 1.807) is 18.2 Å². The molecule has 0 saturated heterocycles. The van der Waals surface area contributed by atoms with Crippen LogP contribution in [0, 0.1) is 10.1 Å². The lowest BCUT2D eigenvalue weighted by Crippen LogP contribution is -1.94. The first kappa shape index (κ1) is 14.3. The summed E-state index contributed by atoms with van der Waals surface area (Å²) in [6, 6.07) is 8.36. The first-order valence-corrected chi connectivity index (χ1v) is 6.97. The number of furan rings is 1. The molecule has 20 heavy (non-hydrogen) atoms. The summed E-state index contributed by atoms with van der Waals surface area (Å²) in [6.45, 7) is 2.49. The largest absolute Gasteiger partial charge is 0.494 e. The van der Waals surface area contributed by atoms with Gasteiger partial charge in [0.15, 0.2) is 0 Å². The Kier molecular flexibility index (Phi) is 4.52. The van der Waals surface area contributed by atoms with Crippen LogP contribution in [0.15, 0.2) is 39.6 Å². The zero-order valence-electron chi connectivity index (χ0n) is 10.9. The van der Waals surface area contributed by atoms with Gasteiger partial charge in [-0.15, -0.1) is 11.8 Å². The molecular formula is C13H14N2O4S. The van der Waals surface area contributed by atoms with Gasteiger partial charge in [-0.2, -0.15) is 0 Å². The number of nitro groups is 1. The Morgan fingerprint density at radius 2 is 2.20 bits per heavy atom. The number of ether oxygens (including phenoxy) is 1. The van der Waals surface area contributed by atoms with Crippen LogP contribution in [-0.4, -0.2) is 11.5 Å². The molecule has 1 aromatic heterocycles. The fraction of sp³-hybridized carbons (Fsp3) is 0.231. The molecule has 7 heteroatoms. The monoisotopic (exact) mass is 294 g/mol. The summed E-state index contributed by atoms with van der Waals surface area (Å²) < 4.78 is 10.5. The van der Waals surface area contributed by atoms with Gasteiger partial charge in [-0.3, -0.25) is 10.1 Å². The van der Waals surface area contributed by atoms with Crippen LogP contribution in [0.2, 0.25) is 0 Å². The number of thioether (sulfide) groups is 1. The average molecular weight is 294 g/mol. The molecule has 0 spiro atoms. The standard InChI is InChI=1S/C13H14N2O4S/c1-2-18-9-3-5-11(14)12(7-9)20-8-10-4-6-13(19-10)15(16)17/h3-7H,2,8,14H2,1H3. The van der Waals surface area contributed by atoms with Crippen molar-refractivity contribution in [2.45, 2.75) is 17.6 Å². The molecule has 0 atom stereocenters. The predicted octanol–water partition coefficient (Wildman–Crippen LogP) is 3.46. The van der Waals surface area contributed by atoms with Crippen LogP contribution >= 0.6 is 11.8 Å². The van der Waals surface area contributed by atoms with E-state index in [1.165, 1.54) is 17.8 Å². The molecule has 0 amide bonds. The summed E-state index contributed by atoms with van der Waals surface area (Å²) in [5.41, 5.74) is 6.53. The van der Waals surface area contributed by atoms with Crippen molar-refractivity contribution in [1.82, 2.24) is 0 Å². The topological polar surface area (TPSA) is 91.5 Å². The second-order valence-electron chi connectivity index (χ2n) is 3.92. The number of nitrogens with zero attached hydrogens (tertiary/aromatic N) is 1. The van der Waals surface area contributed by atoms with Crippen molar-refractivity contribution in [1.29, 1.82) is 0 Å². The van der Waals surface area contributed by atoms with Gasteiger partial charge in [0, 0.05) is 10.6 Å². The van der Waals surface area contributed by atoms with Crippen molar-refractivity contribution >= 4 is 23.3 Å². The third kappa shape index (κ3) is 3.45. The highest BCUT2D eigenvalue weighted by Gasteiger charge is 2.12. The lowest BCUT2D eigenvalue weighted by molar-refractivity contribution is -0.402. The molecule has 2 rings (SSSR count). The maximum absolute atomic E-state index is 10.5. The van der Waals surface area contributed by atoms with E-state index >= 15 is 0 Å². The average Bonchev–Trinajstić information content (AvgIpc) is 2.89. The molecule has 6 nitrogen and oxygen atoms in total. The Balaban J connectivity index is 2.05. The van der Waals surface area contributed by atoms with E-state index in [0.717, 1.165) is 10.6 Å². The van der Waals surface area contributed by atoms with Gasteiger partial charge >= 0.3 is 5.88 Å². The number of benzene rings is 1. The summed E-state index contributed by atoms with van der Waals surface area (Å²) in [4.78, 5) is 10.8. The number of rotatable bonds is 6. The molecule has 0 aliphatic carbocycles. The van der Waals surface area contributed by atoms with Gasteiger partial charge in [0.2, 0.25) is 0 Å². The number of hydrogen-bond donors (Lipinski definition) is 1. The number of hydrogen-bond acceptors (Lipinski definition) is 6. The van der Waals surface area contributed by atoms with Crippen molar-refractivity contribution in [3.05, 3.63) is 46.2 Å². The van der Waals surface area contributed by atoms with E-state index in [1.807, 2.05) is 13.0 Å². The van der Waals surface area contributed by atoms with Crippen LogP contribution < -0.4 is 10.5 Å². The molecule has 1 aromatic carbocycles. The highest BCUT2D eigenvalue weighted by molar-refractivity contribution is 7.98. The Hall–Kier alpha value is -2.15. The van der Waals surface area contributed by atoms with E-state index in [9.17, 15) is 10.1 Å². The van der Waals surface area contributed by atoms with E-state index < -0.39 is 4.92 Å². The molecule has 106 valence electrons. The van der Waals surface area contributed by atoms with E-state index in [2.05, 4.69) is 0 Å². The van der Waals surface area contributed by atoms with Crippen LogP contribution in [0.25, 0.3) is 0 Å². The van der Waals surface area contributed by atoms with E-state index in [0.29, 0.717) is 23.8 Å². The summed E-state index contributed by atoms with van der Waals surface area (Å²) in [6.07, 6.45) is 0. The summed E-state index contributed by atoms with van der Waals surface area (Å²) >= 11 is 1.44. The van der Waals surface area contributed by atoms with Crippen LogP contribution in [0.4, 0.5) is 11.6 Å². The smallest absolute Gasteiger partial charge is 0.433 e. The Morgan fingerprint density at radius 1 is 1.40 bits per heavy atom. The molecule has 2 N–H and O–H groups in total. The molecular weight excluding hydrogens is 280 g/mol. The summed E-state index contributed by atoms with van der Waals surface area (Å²) in [5.74, 6) is 1.49. The highest BCUT2D eigenvalue weighted by atomic mass is 32.2. The van der Waals surface area contributed by atoms with Crippen molar-refractivity contribution in [2.75, 3.05) is 12.3 Å². The third-order valence-corrected chi connectivity index (χ3v) is 3.59. The lowest BCUT2D eigenvalue weighted by atomic mass is 10.3. The van der Waals surface area contributed by atoms with Gasteiger partial charge in [-0.05, 0) is 31.2 Å². The minimum Gasteiger partial charge on any atom is -0.494 e. The molecule has 0 bridgehead atoms. The molecule has 2 aromatic rings. The van der Waals surface area contributed by atoms with Gasteiger partial charge in [0.25, 0.3) is 0 Å². The molecule has 0 saturated carbocycles. The highest BCUT2D eigenvalue weighted by Crippen LogP contribution is 2.32. The maximum Gasteiger partial charge on any atom is 0.433 e. The molecule has 0 unspecified atom stereocenters. The normalized spacial score (nSPS) is 10.4. The molecule has 0 radical (unpaired) electrons. The maximum atomic E-state index is 10.5. The predicted molar refractivity (Wildman–Crippen MR) is 76.9 cm³/mol. The fourth-order valence-corrected chi connectivity index (χ4v) is 2.47. The number of nitrogens with two attached hydrogens (primary N) is 1. The molecule has 0 aliphatic rings. The van der Waals surface area contributed by atoms with Crippen LogP contribution in [0.5, 0.6) is 5.75 Å². The van der Waals surface area contributed by atoms with Gasteiger partial charge in [-0.25, -0.2) is 0 Å². The van der Waals surface area contributed by atoms with Gasteiger partial charge < -0.3 is 14.9 Å². The Bertz CT molecular complexity index is 612. The Morgan fingerprint density at radius 3 is 2.85 bits per heavy atom. The zero-order valence-corrected chi connectivity index (χ0v) is 11.7. The van der Waals surface area contributed by atoms with Crippen LogP contribution in [-0.2, 0) is 5.75 Å². The van der Waals surface area contributed by atoms with Gasteiger partial charge in [-0.1, -0.05) is 0 Å². The van der Waals surface area contributed by atoms with Crippen molar-refractivity contribution < 1.29 is 14.1 Å². The first-order chi connectivity index (χ1) is 9.60. The zero-order chi connectivity index (χ0) is 14.5. The molecule has 1 heterocycles. The van der Waals surface area contributed by atoms with Crippen molar-refractivity contribution in [3.8, 4) is 5.75 Å². The minimum absolute atomic E-state index is 0.253. The lowest BCUT2D eigenvalue weighted by Gasteiger charge is -2.08. The molecule has 0 fully saturated rings. The van der Waals surface area contributed by atoms with Crippen molar-refractivity contribution in [2.24, 2.45) is 0 Å². The van der Waals surface area contributed by atoms with Crippen LogP contribution in [0.1, 0.15) is 12.7 Å². The van der Waals surface area contributed by atoms with Crippen LogP contribution in [0.3, 0.4) is 0 Å². The fourth-order valence-electron chi connectivity index (χ4n) is 1.59. The van der Waals surface area contributed by atoms with E-state index in [-0.39, 0.29) is 5.88 Å². The Labute approximate surface area is 120 Å². The van der Waals surface area contributed by atoms with Crippen molar-refractivity contribution in [3.63, 3.8) is 0 Å². The first-order valence-electron chi connectivity index (χ1n) is 5.98. The van der Waals surface area contributed by atoms with Gasteiger partial charge in [0.1, 0.15) is 16.4 Å². The second kappa shape index (κ2) is 6.33. The quantitative estimate of drug-likeness (QED) is 0.379. The SMILES string of the molecule is CCOc1ccc(N)c(SCc2ccc([N+](=O)[O-])o2)c1. The number of anilines is 1. The minimum atomic E-state index is -0.557. The third-order valence-electron chi connectivity index (χ3n) is 2.49. The number of nitrogen functional groups attached to an aromatic ring is 1.